The van der Waals surface area contributed by atoms with E-state index < -0.39 is 21.6 Å². The number of benzene rings is 2. The number of methoxy groups -OCH3 is 1. The van der Waals surface area contributed by atoms with Crippen molar-refractivity contribution in [2.75, 3.05) is 35.8 Å². The van der Waals surface area contributed by atoms with Gasteiger partial charge >= 0.3 is 12.0 Å². The van der Waals surface area contributed by atoms with Crippen LogP contribution >= 0.6 is 0 Å². The van der Waals surface area contributed by atoms with E-state index in [0.717, 1.165) is 7.11 Å². The lowest BCUT2D eigenvalue weighted by Gasteiger charge is -2.21. The molecular weight excluding hydrogens is 396 g/mol. The summed E-state index contributed by atoms with van der Waals surface area (Å²) in [6.07, 6.45) is 0. The highest BCUT2D eigenvalue weighted by Crippen LogP contribution is 2.31. The Labute approximate surface area is 168 Å². The molecule has 1 aliphatic heterocycles. The Hall–Kier alpha value is -3.40. The summed E-state index contributed by atoms with van der Waals surface area (Å²) in [6.45, 7) is 0.627. The van der Waals surface area contributed by atoms with E-state index >= 15 is 0 Å². The molecule has 0 saturated carbocycles. The van der Waals surface area contributed by atoms with Crippen LogP contribution in [0.1, 0.15) is 5.56 Å². The number of nitrogens with zero attached hydrogens (tertiary/aromatic N) is 2. The largest absolute Gasteiger partial charge is 0.468 e. The standard InChI is InChI=1S/C19H20N4O5S/c1-28-17(24)12-29(26,27)16-5-3-2-4-15(16)23-11-10-22(19(23)25)14-8-6-13(7-9-14)18(20)21/h2-9H,10-12H2,1H3,(H3,20,21). The first-order chi connectivity index (χ1) is 13.7. The Balaban J connectivity index is 1.90. The highest BCUT2D eigenvalue weighted by atomic mass is 32.2. The maximum Gasteiger partial charge on any atom is 0.329 e. The number of nitrogen functional groups attached to an aromatic ring is 1. The van der Waals surface area contributed by atoms with E-state index in [2.05, 4.69) is 4.74 Å². The fraction of sp³-hybridized carbons (Fsp3) is 0.211. The summed E-state index contributed by atoms with van der Waals surface area (Å²) < 4.78 is 29.8. The summed E-state index contributed by atoms with van der Waals surface area (Å²) in [6, 6.07) is 12.3. The summed E-state index contributed by atoms with van der Waals surface area (Å²) in [5, 5.41) is 7.44. The third-order valence-corrected chi connectivity index (χ3v) is 6.16. The lowest BCUT2D eigenvalue weighted by atomic mass is 10.2. The van der Waals surface area contributed by atoms with Gasteiger partial charge < -0.3 is 10.5 Å². The molecule has 10 heteroatoms. The van der Waals surface area contributed by atoms with Gasteiger partial charge in [0.15, 0.2) is 15.6 Å². The van der Waals surface area contributed by atoms with E-state index in [1.807, 2.05) is 0 Å². The van der Waals surface area contributed by atoms with E-state index in [0.29, 0.717) is 17.8 Å². The topological polar surface area (TPSA) is 134 Å². The molecule has 0 unspecified atom stereocenters. The number of carbonyl (C=O) groups is 2. The molecule has 2 aromatic rings. The van der Waals surface area contributed by atoms with Crippen molar-refractivity contribution in [1.82, 2.24) is 0 Å². The number of nitrogens with two attached hydrogens (primary N) is 1. The van der Waals surface area contributed by atoms with Crippen molar-refractivity contribution in [2.45, 2.75) is 4.90 Å². The smallest absolute Gasteiger partial charge is 0.329 e. The molecule has 152 valence electrons. The molecule has 0 atom stereocenters. The van der Waals surface area contributed by atoms with Crippen LogP contribution in [0.5, 0.6) is 0 Å². The monoisotopic (exact) mass is 416 g/mol. The molecule has 0 aliphatic carbocycles. The van der Waals surface area contributed by atoms with Crippen molar-refractivity contribution >= 4 is 39.0 Å². The van der Waals surface area contributed by atoms with Crippen LogP contribution in [0.25, 0.3) is 0 Å². The van der Waals surface area contributed by atoms with Crippen LogP contribution in [0.2, 0.25) is 0 Å². The number of hydrogen-bond acceptors (Lipinski definition) is 6. The van der Waals surface area contributed by atoms with E-state index in [1.54, 1.807) is 30.3 Å². The minimum atomic E-state index is -3.98. The van der Waals surface area contributed by atoms with Crippen molar-refractivity contribution < 1.29 is 22.7 Å². The van der Waals surface area contributed by atoms with Gasteiger partial charge in [-0.1, -0.05) is 12.1 Å². The van der Waals surface area contributed by atoms with Gasteiger partial charge in [0.1, 0.15) is 5.84 Å². The molecule has 0 aromatic heterocycles. The van der Waals surface area contributed by atoms with E-state index in [1.165, 1.54) is 28.0 Å². The van der Waals surface area contributed by atoms with Gasteiger partial charge in [-0.3, -0.25) is 20.0 Å². The van der Waals surface area contributed by atoms with Gasteiger partial charge in [-0.05, 0) is 36.4 Å². The van der Waals surface area contributed by atoms with Crippen molar-refractivity contribution in [1.29, 1.82) is 5.41 Å². The summed E-state index contributed by atoms with van der Waals surface area (Å²) in [7, 11) is -2.87. The van der Waals surface area contributed by atoms with Crippen molar-refractivity contribution in [3.05, 3.63) is 54.1 Å². The molecule has 2 amide bonds. The van der Waals surface area contributed by atoms with Gasteiger partial charge in [-0.2, -0.15) is 0 Å². The Morgan fingerprint density at radius 2 is 1.72 bits per heavy atom. The lowest BCUT2D eigenvalue weighted by Crippen LogP contribution is -2.33. The molecular formula is C19H20N4O5S. The molecule has 1 aliphatic rings. The molecule has 2 aromatic carbocycles. The second-order valence-electron chi connectivity index (χ2n) is 6.35. The molecule has 1 heterocycles. The highest BCUT2D eigenvalue weighted by Gasteiger charge is 2.34. The number of hydrogen-bond donors (Lipinski definition) is 2. The Kier molecular flexibility index (Phi) is 5.55. The second kappa shape index (κ2) is 7.92. The average molecular weight is 416 g/mol. The Morgan fingerprint density at radius 3 is 2.34 bits per heavy atom. The molecule has 0 spiro atoms. The highest BCUT2D eigenvalue weighted by molar-refractivity contribution is 7.92. The fourth-order valence-electron chi connectivity index (χ4n) is 3.06. The van der Waals surface area contributed by atoms with E-state index in [9.17, 15) is 18.0 Å². The number of amides is 2. The third-order valence-electron chi connectivity index (χ3n) is 4.53. The molecule has 0 radical (unpaired) electrons. The summed E-state index contributed by atoms with van der Waals surface area (Å²) in [5.41, 5.74) is 6.81. The summed E-state index contributed by atoms with van der Waals surface area (Å²) >= 11 is 0. The first-order valence-corrected chi connectivity index (χ1v) is 10.3. The third kappa shape index (κ3) is 4.06. The number of nitrogens with one attached hydrogen (secondary N) is 1. The number of anilines is 2. The molecule has 9 nitrogen and oxygen atoms in total. The lowest BCUT2D eigenvalue weighted by molar-refractivity contribution is -0.137. The van der Waals surface area contributed by atoms with Crippen molar-refractivity contribution in [2.24, 2.45) is 5.73 Å². The van der Waals surface area contributed by atoms with Crippen LogP contribution in [0.15, 0.2) is 53.4 Å². The number of sulfone groups is 1. The van der Waals surface area contributed by atoms with Gasteiger partial charge in [0, 0.05) is 24.3 Å². The van der Waals surface area contributed by atoms with Crippen LogP contribution in [0, 0.1) is 5.41 Å². The van der Waals surface area contributed by atoms with Crippen molar-refractivity contribution in [3.63, 3.8) is 0 Å². The number of carbonyl (C=O) groups excluding carboxylic acids is 2. The Bertz CT molecular complexity index is 1070. The molecule has 1 fully saturated rings. The van der Waals surface area contributed by atoms with Crippen LogP contribution in [0.4, 0.5) is 16.2 Å². The normalized spacial score (nSPS) is 14.2. The maximum atomic E-state index is 13.0. The molecule has 3 N–H and O–H groups in total. The zero-order valence-corrected chi connectivity index (χ0v) is 16.5. The summed E-state index contributed by atoms with van der Waals surface area (Å²) in [5.74, 6) is -1.76. The predicted molar refractivity (Wildman–Crippen MR) is 108 cm³/mol. The van der Waals surface area contributed by atoms with Gasteiger partial charge in [-0.15, -0.1) is 0 Å². The number of rotatable bonds is 6. The van der Waals surface area contributed by atoms with E-state index in [4.69, 9.17) is 11.1 Å². The SMILES string of the molecule is COC(=O)CS(=O)(=O)c1ccccc1N1CCN(c2ccc(C(=N)N)cc2)C1=O. The van der Waals surface area contributed by atoms with Crippen LogP contribution in [-0.2, 0) is 19.4 Å². The molecule has 3 rings (SSSR count). The van der Waals surface area contributed by atoms with Gasteiger partial charge in [0.05, 0.1) is 17.7 Å². The number of urea groups is 1. The fourth-order valence-corrected chi connectivity index (χ4v) is 4.42. The summed E-state index contributed by atoms with van der Waals surface area (Å²) in [4.78, 5) is 27.2. The number of amidine groups is 1. The quantitative estimate of drug-likeness (QED) is 0.415. The zero-order valence-electron chi connectivity index (χ0n) is 15.7. The molecule has 29 heavy (non-hydrogen) atoms. The van der Waals surface area contributed by atoms with Crippen LogP contribution in [-0.4, -0.2) is 52.2 Å². The minimum absolute atomic E-state index is 0.0735. The Morgan fingerprint density at radius 1 is 1.10 bits per heavy atom. The number of para-hydroxylation sites is 1. The maximum absolute atomic E-state index is 13.0. The van der Waals surface area contributed by atoms with Gasteiger partial charge in [-0.25, -0.2) is 13.2 Å². The number of esters is 1. The average Bonchev–Trinajstić information content (AvgIpc) is 3.08. The molecule has 0 bridgehead atoms. The van der Waals surface area contributed by atoms with Gasteiger partial charge in [0.2, 0.25) is 0 Å². The first-order valence-electron chi connectivity index (χ1n) is 8.66. The van der Waals surface area contributed by atoms with E-state index in [-0.39, 0.29) is 29.0 Å². The van der Waals surface area contributed by atoms with Crippen LogP contribution < -0.4 is 15.5 Å². The zero-order chi connectivity index (χ0) is 21.2. The van der Waals surface area contributed by atoms with Gasteiger partial charge in [0.25, 0.3) is 0 Å². The number of ether oxygens (including phenoxy) is 1. The first kappa shape index (κ1) is 20.3. The second-order valence-corrected chi connectivity index (χ2v) is 8.31. The van der Waals surface area contributed by atoms with Crippen LogP contribution in [0.3, 0.4) is 0 Å². The minimum Gasteiger partial charge on any atom is -0.468 e. The van der Waals surface area contributed by atoms with Crippen molar-refractivity contribution in [3.8, 4) is 0 Å². The molecule has 1 saturated heterocycles. The predicted octanol–water partition coefficient (Wildman–Crippen LogP) is 1.36.